The molecule has 0 radical (unpaired) electrons. The Labute approximate surface area is 161 Å². The number of rotatable bonds is 6. The highest BCUT2D eigenvalue weighted by atomic mass is 79.9. The predicted octanol–water partition coefficient (Wildman–Crippen LogP) is 3.20. The summed E-state index contributed by atoms with van der Waals surface area (Å²) in [4.78, 5) is 23.2. The van der Waals surface area contributed by atoms with Gasteiger partial charge in [-0.2, -0.15) is 10.2 Å². The van der Waals surface area contributed by atoms with E-state index < -0.39 is 11.8 Å². The Kier molecular flexibility index (Phi) is 7.49. The van der Waals surface area contributed by atoms with Gasteiger partial charge in [0.1, 0.15) is 6.42 Å². The highest BCUT2D eigenvalue weighted by Gasteiger charge is 2.07. The minimum atomic E-state index is -0.523. The number of hydrogen-bond acceptors (Lipinski definition) is 4. The van der Waals surface area contributed by atoms with E-state index in [1.54, 1.807) is 0 Å². The van der Waals surface area contributed by atoms with E-state index in [1.807, 2.05) is 48.5 Å². The van der Waals surface area contributed by atoms with Crippen molar-refractivity contribution in [2.75, 3.05) is 0 Å². The predicted molar refractivity (Wildman–Crippen MR) is 104 cm³/mol. The summed E-state index contributed by atoms with van der Waals surface area (Å²) < 4.78 is 1.91. The van der Waals surface area contributed by atoms with E-state index in [4.69, 9.17) is 0 Å². The summed E-state index contributed by atoms with van der Waals surface area (Å²) in [5, 5.41) is 7.60. The Morgan fingerprint density at radius 1 is 0.760 bits per heavy atom. The van der Waals surface area contributed by atoms with Gasteiger partial charge in [0, 0.05) is 8.95 Å². The molecule has 2 rings (SSSR count). The van der Waals surface area contributed by atoms with Crippen LogP contribution in [0.1, 0.15) is 17.5 Å². The summed E-state index contributed by atoms with van der Waals surface area (Å²) in [6.45, 7) is 0. The van der Waals surface area contributed by atoms with E-state index in [0.29, 0.717) is 0 Å². The lowest BCUT2D eigenvalue weighted by Crippen LogP contribution is -2.27. The maximum Gasteiger partial charge on any atom is 0.249 e. The zero-order valence-corrected chi connectivity index (χ0v) is 16.1. The molecule has 0 heterocycles. The van der Waals surface area contributed by atoms with Crippen molar-refractivity contribution in [1.82, 2.24) is 10.9 Å². The monoisotopic (exact) mass is 464 g/mol. The highest BCUT2D eigenvalue weighted by molar-refractivity contribution is 9.10. The van der Waals surface area contributed by atoms with Crippen LogP contribution in [0.15, 0.2) is 67.7 Å². The van der Waals surface area contributed by atoms with E-state index >= 15 is 0 Å². The second-order valence-electron chi connectivity index (χ2n) is 4.87. The van der Waals surface area contributed by atoms with E-state index in [1.165, 1.54) is 12.4 Å². The summed E-state index contributed by atoms with van der Waals surface area (Å²) in [5.41, 5.74) is 6.24. The second-order valence-corrected chi connectivity index (χ2v) is 6.70. The molecule has 2 amide bonds. The number of nitrogens with one attached hydrogen (secondary N) is 2. The van der Waals surface area contributed by atoms with Gasteiger partial charge in [0.2, 0.25) is 11.8 Å². The average Bonchev–Trinajstić information content (AvgIpc) is 2.58. The van der Waals surface area contributed by atoms with Crippen molar-refractivity contribution in [1.29, 1.82) is 0 Å². The molecule has 0 aliphatic carbocycles. The van der Waals surface area contributed by atoms with Crippen LogP contribution in [0.2, 0.25) is 0 Å². The van der Waals surface area contributed by atoms with Gasteiger partial charge in [-0.3, -0.25) is 9.59 Å². The maximum atomic E-state index is 11.6. The van der Waals surface area contributed by atoms with E-state index in [0.717, 1.165) is 20.1 Å². The van der Waals surface area contributed by atoms with Crippen LogP contribution < -0.4 is 10.9 Å². The molecule has 0 spiro atoms. The molecule has 0 fully saturated rings. The van der Waals surface area contributed by atoms with E-state index in [2.05, 4.69) is 52.9 Å². The molecule has 0 aromatic heterocycles. The van der Waals surface area contributed by atoms with Crippen molar-refractivity contribution in [2.45, 2.75) is 6.42 Å². The molecular weight excluding hydrogens is 452 g/mol. The van der Waals surface area contributed by atoms with Crippen LogP contribution in [0.5, 0.6) is 0 Å². The lowest BCUT2D eigenvalue weighted by atomic mass is 10.2. The topological polar surface area (TPSA) is 82.9 Å². The Bertz CT molecular complexity index is 720. The molecule has 25 heavy (non-hydrogen) atoms. The fraction of sp³-hybridized carbons (Fsp3) is 0.0588. The minimum Gasteiger partial charge on any atom is -0.273 e. The molecular formula is C17H14Br2N4O2. The molecule has 0 unspecified atom stereocenters. The first-order valence-electron chi connectivity index (χ1n) is 7.18. The largest absolute Gasteiger partial charge is 0.273 e. The molecule has 2 N–H and O–H groups in total. The van der Waals surface area contributed by atoms with Gasteiger partial charge in [-0.25, -0.2) is 10.9 Å². The number of carbonyl (C=O) groups excluding carboxylic acids is 2. The molecule has 0 aliphatic rings. The summed E-state index contributed by atoms with van der Waals surface area (Å²) in [5.74, 6) is -1.05. The summed E-state index contributed by atoms with van der Waals surface area (Å²) in [7, 11) is 0. The van der Waals surface area contributed by atoms with Gasteiger partial charge in [-0.15, -0.1) is 0 Å². The van der Waals surface area contributed by atoms with Crippen molar-refractivity contribution in [3.05, 3.63) is 68.6 Å². The first-order chi connectivity index (χ1) is 12.0. The maximum absolute atomic E-state index is 11.6. The van der Waals surface area contributed by atoms with Crippen molar-refractivity contribution < 1.29 is 9.59 Å². The number of amides is 2. The van der Waals surface area contributed by atoms with Crippen molar-refractivity contribution in [3.8, 4) is 0 Å². The summed E-state index contributed by atoms with van der Waals surface area (Å²) in [6, 6.07) is 14.8. The number of benzene rings is 2. The number of hydrazone groups is 2. The number of carbonyl (C=O) groups is 2. The molecule has 0 saturated carbocycles. The Balaban J connectivity index is 1.73. The second kappa shape index (κ2) is 9.85. The first kappa shape index (κ1) is 19.0. The third kappa shape index (κ3) is 7.40. The molecule has 0 atom stereocenters. The van der Waals surface area contributed by atoms with Crippen LogP contribution in [0.25, 0.3) is 0 Å². The molecule has 8 heteroatoms. The smallest absolute Gasteiger partial charge is 0.249 e. The zero-order chi connectivity index (χ0) is 18.1. The molecule has 128 valence electrons. The summed E-state index contributed by atoms with van der Waals surface area (Å²) >= 11 is 6.66. The first-order valence-corrected chi connectivity index (χ1v) is 8.76. The van der Waals surface area contributed by atoms with E-state index in [-0.39, 0.29) is 6.42 Å². The van der Waals surface area contributed by atoms with Crippen LogP contribution in [-0.4, -0.2) is 24.2 Å². The lowest BCUT2D eigenvalue weighted by Gasteiger charge is -1.99. The molecule has 6 nitrogen and oxygen atoms in total. The third-order valence-electron chi connectivity index (χ3n) is 2.87. The standard InChI is InChI=1S/C17H14Br2N4O2/c18-14-5-1-12(2-6-14)10-20-22-16(24)9-17(25)23-21-11-13-3-7-15(19)8-4-13/h1-8,10-11H,9H2,(H,22,24)(H,23,25)/b20-10+,21-11+. The average molecular weight is 466 g/mol. The van der Waals surface area contributed by atoms with Gasteiger partial charge in [-0.05, 0) is 35.4 Å². The summed E-state index contributed by atoms with van der Waals surface area (Å²) in [6.07, 6.45) is 2.62. The Morgan fingerprint density at radius 2 is 1.12 bits per heavy atom. The molecule has 0 saturated heterocycles. The van der Waals surface area contributed by atoms with Crippen LogP contribution in [-0.2, 0) is 9.59 Å². The highest BCUT2D eigenvalue weighted by Crippen LogP contribution is 2.09. The van der Waals surface area contributed by atoms with Gasteiger partial charge in [-0.1, -0.05) is 56.1 Å². The fourth-order valence-electron chi connectivity index (χ4n) is 1.68. The van der Waals surface area contributed by atoms with Gasteiger partial charge < -0.3 is 0 Å². The molecule has 0 bridgehead atoms. The van der Waals surface area contributed by atoms with Crippen molar-refractivity contribution in [2.24, 2.45) is 10.2 Å². The third-order valence-corrected chi connectivity index (χ3v) is 3.92. The Morgan fingerprint density at radius 3 is 1.48 bits per heavy atom. The number of hydrogen-bond donors (Lipinski definition) is 2. The lowest BCUT2D eigenvalue weighted by molar-refractivity contribution is -0.129. The zero-order valence-electron chi connectivity index (χ0n) is 12.9. The van der Waals surface area contributed by atoms with Gasteiger partial charge in [0.15, 0.2) is 0 Å². The quantitative estimate of drug-likeness (QED) is 0.390. The van der Waals surface area contributed by atoms with Crippen molar-refractivity contribution >= 4 is 56.1 Å². The van der Waals surface area contributed by atoms with Crippen LogP contribution in [0.3, 0.4) is 0 Å². The SMILES string of the molecule is O=C(CC(=O)N/N=C/c1ccc(Br)cc1)N/N=C/c1ccc(Br)cc1. The minimum absolute atomic E-state index is 0.366. The van der Waals surface area contributed by atoms with Crippen LogP contribution >= 0.6 is 31.9 Å². The van der Waals surface area contributed by atoms with Crippen LogP contribution in [0, 0.1) is 0 Å². The van der Waals surface area contributed by atoms with Crippen molar-refractivity contribution in [3.63, 3.8) is 0 Å². The van der Waals surface area contributed by atoms with Crippen LogP contribution in [0.4, 0.5) is 0 Å². The normalized spacial score (nSPS) is 11.0. The van der Waals surface area contributed by atoms with Gasteiger partial charge >= 0.3 is 0 Å². The molecule has 2 aromatic rings. The molecule has 2 aromatic carbocycles. The van der Waals surface area contributed by atoms with Gasteiger partial charge in [0.05, 0.1) is 12.4 Å². The Hall–Kier alpha value is -2.32. The number of halogens is 2. The number of nitrogens with zero attached hydrogens (tertiary/aromatic N) is 2. The molecule has 0 aliphatic heterocycles. The van der Waals surface area contributed by atoms with Gasteiger partial charge in [0.25, 0.3) is 0 Å². The van der Waals surface area contributed by atoms with E-state index in [9.17, 15) is 9.59 Å². The fourth-order valence-corrected chi connectivity index (χ4v) is 2.21.